The molecule has 1 aromatic carbocycles. The zero-order chi connectivity index (χ0) is 15.6. The molecule has 0 saturated heterocycles. The molecule has 0 amide bonds. The minimum absolute atomic E-state index is 0.107. The van der Waals surface area contributed by atoms with Gasteiger partial charge in [0.15, 0.2) is 0 Å². The highest BCUT2D eigenvalue weighted by Crippen LogP contribution is 2.30. The van der Waals surface area contributed by atoms with Gasteiger partial charge >= 0.3 is 0 Å². The molecule has 0 saturated carbocycles. The number of rotatable bonds is 4. The second-order valence-electron chi connectivity index (χ2n) is 3.99. The number of hydrogen-bond donors (Lipinski definition) is 0. The maximum absolute atomic E-state index is 10.7. The summed E-state index contributed by atoms with van der Waals surface area (Å²) in [5.74, 6) is 0.405. The predicted molar refractivity (Wildman–Crippen MR) is 81.5 cm³/mol. The van der Waals surface area contributed by atoms with Crippen LogP contribution in [0.1, 0.15) is 5.69 Å². The highest BCUT2D eigenvalue weighted by atomic mass is 127. The van der Waals surface area contributed by atoms with Crippen LogP contribution in [-0.4, -0.2) is 14.8 Å². The quantitative estimate of drug-likeness (QED) is 0.440. The normalized spacial score (nSPS) is 10.2. The van der Waals surface area contributed by atoms with Crippen LogP contribution in [0.3, 0.4) is 0 Å². The Hall–Kier alpha value is -2.30. The van der Waals surface area contributed by atoms with Gasteiger partial charge in [-0.05, 0) is 35.6 Å². The average Bonchev–Trinajstić information content (AvgIpc) is 2.40. The van der Waals surface area contributed by atoms with E-state index >= 15 is 0 Å². The van der Waals surface area contributed by atoms with E-state index in [-0.39, 0.29) is 28.7 Å². The van der Waals surface area contributed by atoms with Gasteiger partial charge in [-0.3, -0.25) is 20.2 Å². The molecule has 9 heteroatoms. The maximum atomic E-state index is 10.7. The zero-order valence-electron chi connectivity index (χ0n) is 10.6. The molecule has 0 radical (unpaired) electrons. The van der Waals surface area contributed by atoms with Gasteiger partial charge < -0.3 is 4.74 Å². The van der Waals surface area contributed by atoms with Crippen molar-refractivity contribution in [3.8, 4) is 11.6 Å². The summed E-state index contributed by atoms with van der Waals surface area (Å²) < 4.78 is 6.13. The minimum atomic E-state index is -0.538. The minimum Gasteiger partial charge on any atom is -0.438 e. The van der Waals surface area contributed by atoms with Crippen molar-refractivity contribution in [1.29, 1.82) is 0 Å². The summed E-state index contributed by atoms with van der Waals surface area (Å²) >= 11 is 1.97. The van der Waals surface area contributed by atoms with E-state index in [1.807, 2.05) is 22.6 Å². The van der Waals surface area contributed by atoms with Gasteiger partial charge in [0.1, 0.15) is 11.4 Å². The molecule has 2 rings (SSSR count). The lowest BCUT2D eigenvalue weighted by molar-refractivity contribution is -0.385. The Labute approximate surface area is 132 Å². The zero-order valence-corrected chi connectivity index (χ0v) is 12.8. The van der Waals surface area contributed by atoms with E-state index in [4.69, 9.17) is 4.74 Å². The number of non-ortho nitro benzene ring substituents is 1. The van der Waals surface area contributed by atoms with Crippen molar-refractivity contribution in [3.05, 3.63) is 59.8 Å². The van der Waals surface area contributed by atoms with E-state index in [0.29, 0.717) is 3.57 Å². The van der Waals surface area contributed by atoms with Gasteiger partial charge in [0.2, 0.25) is 5.88 Å². The molecular formula is C12H8IN3O5. The highest BCUT2D eigenvalue weighted by Gasteiger charge is 2.15. The van der Waals surface area contributed by atoms with Gasteiger partial charge in [-0.1, -0.05) is 0 Å². The summed E-state index contributed by atoms with van der Waals surface area (Å²) in [4.78, 5) is 24.4. The largest absolute Gasteiger partial charge is 0.438 e. The van der Waals surface area contributed by atoms with Crippen molar-refractivity contribution in [2.75, 3.05) is 0 Å². The Bertz CT molecular complexity index is 735. The first kappa shape index (κ1) is 15.1. The van der Waals surface area contributed by atoms with Crippen molar-refractivity contribution in [2.45, 2.75) is 6.92 Å². The topological polar surface area (TPSA) is 108 Å². The Morgan fingerprint density at radius 3 is 2.43 bits per heavy atom. The van der Waals surface area contributed by atoms with Crippen molar-refractivity contribution < 1.29 is 14.6 Å². The SMILES string of the molecule is Cc1nc(Oc2cc([N+](=O)[O-])ccc2I)ccc1[N+](=O)[O-]. The summed E-state index contributed by atoms with van der Waals surface area (Å²) in [6, 6.07) is 6.82. The van der Waals surface area contributed by atoms with Gasteiger partial charge in [-0.15, -0.1) is 0 Å². The van der Waals surface area contributed by atoms with Crippen LogP contribution < -0.4 is 4.74 Å². The molecule has 1 aromatic heterocycles. The third-order valence-corrected chi connectivity index (χ3v) is 3.46. The van der Waals surface area contributed by atoms with Crippen LogP contribution in [0.2, 0.25) is 0 Å². The molecule has 21 heavy (non-hydrogen) atoms. The standard InChI is InChI=1S/C12H8IN3O5/c1-7-10(16(19)20)4-5-12(14-7)21-11-6-8(15(17)18)2-3-9(11)13/h2-6H,1H3. The third kappa shape index (κ3) is 3.42. The number of nitro groups is 2. The molecule has 0 spiro atoms. The van der Waals surface area contributed by atoms with E-state index in [0.717, 1.165) is 0 Å². The smallest absolute Gasteiger partial charge is 0.290 e. The molecule has 0 aliphatic rings. The van der Waals surface area contributed by atoms with Crippen LogP contribution in [0.15, 0.2) is 30.3 Å². The van der Waals surface area contributed by atoms with Crippen LogP contribution in [0.25, 0.3) is 0 Å². The Morgan fingerprint density at radius 1 is 1.14 bits per heavy atom. The van der Waals surface area contributed by atoms with Gasteiger partial charge in [0, 0.05) is 18.2 Å². The van der Waals surface area contributed by atoms with Crippen LogP contribution in [0, 0.1) is 30.7 Å². The molecule has 1 heterocycles. The lowest BCUT2D eigenvalue weighted by atomic mass is 10.3. The fraction of sp³-hybridized carbons (Fsp3) is 0.0833. The first-order chi connectivity index (χ1) is 9.88. The molecular weight excluding hydrogens is 393 g/mol. The molecule has 0 unspecified atom stereocenters. The molecule has 8 nitrogen and oxygen atoms in total. The second-order valence-corrected chi connectivity index (χ2v) is 5.15. The molecule has 0 bridgehead atoms. The number of ether oxygens (including phenoxy) is 1. The third-order valence-electron chi connectivity index (χ3n) is 2.57. The van der Waals surface area contributed by atoms with Crippen LogP contribution in [0.4, 0.5) is 11.4 Å². The predicted octanol–water partition coefficient (Wildman–Crippen LogP) is 3.60. The molecule has 108 valence electrons. The lowest BCUT2D eigenvalue weighted by Crippen LogP contribution is -1.97. The second kappa shape index (κ2) is 5.99. The first-order valence-corrected chi connectivity index (χ1v) is 6.70. The van der Waals surface area contributed by atoms with Crippen LogP contribution in [0.5, 0.6) is 11.6 Å². The molecule has 2 aromatic rings. The average molecular weight is 401 g/mol. The fourth-order valence-corrected chi connectivity index (χ4v) is 2.02. The maximum Gasteiger partial charge on any atom is 0.290 e. The summed E-state index contributed by atoms with van der Waals surface area (Å²) in [5, 5.41) is 21.5. The Kier molecular flexibility index (Phi) is 4.31. The van der Waals surface area contributed by atoms with Crippen molar-refractivity contribution in [1.82, 2.24) is 4.98 Å². The van der Waals surface area contributed by atoms with Crippen molar-refractivity contribution >= 4 is 34.0 Å². The Balaban J connectivity index is 2.34. The van der Waals surface area contributed by atoms with E-state index in [2.05, 4.69) is 4.98 Å². The van der Waals surface area contributed by atoms with Gasteiger partial charge in [0.25, 0.3) is 11.4 Å². The van der Waals surface area contributed by atoms with E-state index in [1.165, 1.54) is 31.2 Å². The number of pyridine rings is 1. The molecule has 0 fully saturated rings. The number of aromatic nitrogens is 1. The molecule has 0 aliphatic carbocycles. The highest BCUT2D eigenvalue weighted by molar-refractivity contribution is 14.1. The van der Waals surface area contributed by atoms with Crippen molar-refractivity contribution in [3.63, 3.8) is 0 Å². The van der Waals surface area contributed by atoms with E-state index in [1.54, 1.807) is 6.07 Å². The monoisotopic (exact) mass is 401 g/mol. The van der Waals surface area contributed by atoms with Gasteiger partial charge in [-0.25, -0.2) is 4.98 Å². The molecule has 0 aliphatic heterocycles. The van der Waals surface area contributed by atoms with Crippen LogP contribution in [-0.2, 0) is 0 Å². The molecule has 0 N–H and O–H groups in total. The summed E-state index contributed by atoms with van der Waals surface area (Å²) in [6.45, 7) is 1.49. The van der Waals surface area contributed by atoms with Crippen LogP contribution >= 0.6 is 22.6 Å². The van der Waals surface area contributed by atoms with Crippen molar-refractivity contribution in [2.24, 2.45) is 0 Å². The first-order valence-electron chi connectivity index (χ1n) is 5.62. The van der Waals surface area contributed by atoms with Gasteiger partial charge in [-0.2, -0.15) is 0 Å². The lowest BCUT2D eigenvalue weighted by Gasteiger charge is -2.07. The van der Waals surface area contributed by atoms with E-state index < -0.39 is 9.85 Å². The number of hydrogen-bond acceptors (Lipinski definition) is 6. The van der Waals surface area contributed by atoms with Gasteiger partial charge in [0.05, 0.1) is 19.5 Å². The Morgan fingerprint density at radius 2 is 1.86 bits per heavy atom. The number of nitro benzene ring substituents is 1. The summed E-state index contributed by atoms with van der Waals surface area (Å²) in [5.41, 5.74) is -0.0157. The number of benzene rings is 1. The fourth-order valence-electron chi connectivity index (χ4n) is 1.58. The number of nitrogens with zero attached hydrogens (tertiary/aromatic N) is 3. The summed E-state index contributed by atoms with van der Waals surface area (Å²) in [6.07, 6.45) is 0. The number of aryl methyl sites for hydroxylation is 1. The molecule has 0 atom stereocenters. The van der Waals surface area contributed by atoms with E-state index in [9.17, 15) is 20.2 Å². The number of halogens is 1. The summed E-state index contributed by atoms with van der Waals surface area (Å²) in [7, 11) is 0.